The number of aryl methyl sites for hydroxylation is 1. The highest BCUT2D eigenvalue weighted by Gasteiger charge is 2.35. The van der Waals surface area contributed by atoms with Gasteiger partial charge in [0.15, 0.2) is 11.6 Å². The van der Waals surface area contributed by atoms with Crippen molar-refractivity contribution in [3.05, 3.63) is 76.5 Å². The number of nitrogens with one attached hydrogen (secondary N) is 2. The average molecular weight is 471 g/mol. The summed E-state index contributed by atoms with van der Waals surface area (Å²) in [7, 11) is 0. The Morgan fingerprint density at radius 1 is 1.06 bits per heavy atom. The second-order valence-electron chi connectivity index (χ2n) is 8.42. The number of esters is 1. The minimum Gasteiger partial charge on any atom is -0.463 e. The number of benzene rings is 2. The van der Waals surface area contributed by atoms with E-state index in [1.54, 1.807) is 6.92 Å². The predicted octanol–water partition coefficient (Wildman–Crippen LogP) is 3.27. The first-order valence-corrected chi connectivity index (χ1v) is 11.3. The van der Waals surface area contributed by atoms with E-state index in [1.165, 1.54) is 11.6 Å². The van der Waals surface area contributed by atoms with Crippen LogP contribution in [0.1, 0.15) is 24.1 Å². The van der Waals surface area contributed by atoms with Crippen LogP contribution in [0, 0.1) is 18.6 Å². The molecule has 0 aliphatic carbocycles. The maximum atomic E-state index is 13.9. The van der Waals surface area contributed by atoms with Crippen LogP contribution >= 0.6 is 0 Å². The zero-order valence-corrected chi connectivity index (χ0v) is 19.2. The fourth-order valence-electron chi connectivity index (χ4n) is 4.28. The number of anilines is 1. The molecule has 4 rings (SSSR count). The summed E-state index contributed by atoms with van der Waals surface area (Å²) in [5, 5.41) is 5.38. The molecule has 0 saturated carbocycles. The minimum absolute atomic E-state index is 0.142. The maximum absolute atomic E-state index is 13.9. The predicted molar refractivity (Wildman–Crippen MR) is 124 cm³/mol. The molecule has 0 unspecified atom stereocenters. The van der Waals surface area contributed by atoms with Gasteiger partial charge in [-0.3, -0.25) is 4.90 Å². The van der Waals surface area contributed by atoms with Gasteiger partial charge < -0.3 is 20.3 Å². The molecule has 0 bridgehead atoms. The summed E-state index contributed by atoms with van der Waals surface area (Å²) in [4.78, 5) is 29.8. The number of nitrogens with zero attached hydrogens (tertiary/aromatic N) is 2. The van der Waals surface area contributed by atoms with E-state index in [1.807, 2.05) is 0 Å². The molecular formula is C25H28F2N4O3. The van der Waals surface area contributed by atoms with Crippen LogP contribution in [0.2, 0.25) is 0 Å². The number of carbonyl (C=O) groups excluding carboxylic acids is 2. The molecule has 2 N–H and O–H groups in total. The molecule has 7 nitrogen and oxygen atoms in total. The molecule has 2 aliphatic heterocycles. The lowest BCUT2D eigenvalue weighted by Crippen LogP contribution is -2.51. The zero-order chi connectivity index (χ0) is 24.2. The average Bonchev–Trinajstić information content (AvgIpc) is 2.81. The van der Waals surface area contributed by atoms with Crippen molar-refractivity contribution >= 4 is 17.7 Å². The number of hydrogen-bond acceptors (Lipinski definition) is 5. The molecule has 2 aromatic rings. The van der Waals surface area contributed by atoms with Gasteiger partial charge in [0.25, 0.3) is 0 Å². The first-order chi connectivity index (χ1) is 16.4. The highest BCUT2D eigenvalue weighted by Crippen LogP contribution is 2.29. The highest BCUT2D eigenvalue weighted by atomic mass is 19.2. The van der Waals surface area contributed by atoms with Crippen molar-refractivity contribution in [1.29, 1.82) is 0 Å². The first kappa shape index (κ1) is 23.7. The molecule has 34 heavy (non-hydrogen) atoms. The number of carbonyl (C=O) groups is 2. The van der Waals surface area contributed by atoms with Crippen molar-refractivity contribution in [2.24, 2.45) is 0 Å². The molecule has 1 fully saturated rings. The van der Waals surface area contributed by atoms with Gasteiger partial charge in [0.1, 0.15) is 0 Å². The van der Waals surface area contributed by atoms with E-state index in [0.717, 1.165) is 44.0 Å². The van der Waals surface area contributed by atoms with Gasteiger partial charge in [-0.05, 0) is 43.7 Å². The molecule has 2 amide bonds. The highest BCUT2D eigenvalue weighted by molar-refractivity contribution is 5.95. The van der Waals surface area contributed by atoms with Gasteiger partial charge in [-0.1, -0.05) is 23.8 Å². The van der Waals surface area contributed by atoms with Gasteiger partial charge in [0, 0.05) is 44.1 Å². The molecule has 2 heterocycles. The van der Waals surface area contributed by atoms with Gasteiger partial charge in [-0.15, -0.1) is 0 Å². The molecule has 0 aromatic heterocycles. The molecule has 1 atom stereocenters. The summed E-state index contributed by atoms with van der Waals surface area (Å²) in [6.45, 7) is 7.25. The lowest BCUT2D eigenvalue weighted by molar-refractivity contribution is -0.139. The Morgan fingerprint density at radius 3 is 2.41 bits per heavy atom. The fraction of sp³-hybridized carbons (Fsp3) is 0.360. The Morgan fingerprint density at radius 2 is 1.76 bits per heavy atom. The standard InChI is InChI=1S/C25H28F2N4O3/c1-3-34-24(32)22-21(28-25(33)29-23(22)17-6-9-19(26)20(27)14-17)15-30-10-12-31(13-11-30)18-7-4-16(2)5-8-18/h4-9,14,23H,3,10-13,15H2,1-2H3,(H2,28,29,33)/t23-/m0/s1. The van der Waals surface area contributed by atoms with Crippen LogP contribution in [-0.4, -0.2) is 56.2 Å². The van der Waals surface area contributed by atoms with Crippen LogP contribution in [-0.2, 0) is 9.53 Å². The quantitative estimate of drug-likeness (QED) is 0.634. The van der Waals surface area contributed by atoms with Gasteiger partial charge in [-0.25, -0.2) is 18.4 Å². The van der Waals surface area contributed by atoms with Crippen molar-refractivity contribution in [3.8, 4) is 0 Å². The summed E-state index contributed by atoms with van der Waals surface area (Å²) < 4.78 is 32.7. The third-order valence-corrected chi connectivity index (χ3v) is 6.08. The Bertz CT molecular complexity index is 1100. The maximum Gasteiger partial charge on any atom is 0.338 e. The fourth-order valence-corrected chi connectivity index (χ4v) is 4.28. The van der Waals surface area contributed by atoms with E-state index in [2.05, 4.69) is 51.6 Å². The SMILES string of the molecule is CCOC(=O)C1=C(CN2CCN(c3ccc(C)cc3)CC2)NC(=O)N[C@H]1c1ccc(F)c(F)c1. The summed E-state index contributed by atoms with van der Waals surface area (Å²) in [6, 6.07) is 10.2. The lowest BCUT2D eigenvalue weighted by Gasteiger charge is -2.38. The number of amides is 2. The van der Waals surface area contributed by atoms with E-state index < -0.39 is 29.7 Å². The molecule has 180 valence electrons. The Kier molecular flexibility index (Phi) is 7.12. The van der Waals surface area contributed by atoms with E-state index in [0.29, 0.717) is 12.2 Å². The monoisotopic (exact) mass is 470 g/mol. The first-order valence-electron chi connectivity index (χ1n) is 11.3. The van der Waals surface area contributed by atoms with Crippen LogP contribution in [0.4, 0.5) is 19.3 Å². The summed E-state index contributed by atoms with van der Waals surface area (Å²) >= 11 is 0. The van der Waals surface area contributed by atoms with Crippen molar-refractivity contribution in [2.45, 2.75) is 19.9 Å². The topological polar surface area (TPSA) is 73.9 Å². The Hall–Kier alpha value is -3.46. The second kappa shape index (κ2) is 10.2. The van der Waals surface area contributed by atoms with Crippen molar-refractivity contribution < 1.29 is 23.1 Å². The molecule has 0 radical (unpaired) electrons. The smallest absolute Gasteiger partial charge is 0.338 e. The third kappa shape index (κ3) is 5.20. The third-order valence-electron chi connectivity index (χ3n) is 6.08. The zero-order valence-electron chi connectivity index (χ0n) is 19.2. The van der Waals surface area contributed by atoms with E-state index >= 15 is 0 Å². The van der Waals surface area contributed by atoms with E-state index in [9.17, 15) is 18.4 Å². The molecule has 9 heteroatoms. The minimum atomic E-state index is -1.05. The van der Waals surface area contributed by atoms with Gasteiger partial charge in [0.05, 0.1) is 18.2 Å². The number of ether oxygens (including phenoxy) is 1. The number of halogens is 2. The van der Waals surface area contributed by atoms with Crippen LogP contribution in [0.25, 0.3) is 0 Å². The van der Waals surface area contributed by atoms with Gasteiger partial charge in [0.2, 0.25) is 0 Å². The second-order valence-corrected chi connectivity index (χ2v) is 8.42. The number of urea groups is 1. The normalized spacial score (nSPS) is 19.0. The van der Waals surface area contributed by atoms with Crippen LogP contribution < -0.4 is 15.5 Å². The Labute approximate surface area is 197 Å². The van der Waals surface area contributed by atoms with Crippen LogP contribution in [0.3, 0.4) is 0 Å². The van der Waals surface area contributed by atoms with Crippen molar-refractivity contribution in [2.75, 3.05) is 44.2 Å². The summed E-state index contributed by atoms with van der Waals surface area (Å²) in [5.41, 5.74) is 3.22. The Balaban J connectivity index is 1.56. The number of hydrogen-bond donors (Lipinski definition) is 2. The summed E-state index contributed by atoms with van der Waals surface area (Å²) in [5.74, 6) is -2.67. The van der Waals surface area contributed by atoms with Crippen LogP contribution in [0.5, 0.6) is 0 Å². The molecule has 1 saturated heterocycles. The molecule has 2 aliphatic rings. The summed E-state index contributed by atoms with van der Waals surface area (Å²) in [6.07, 6.45) is 0. The van der Waals surface area contributed by atoms with Crippen molar-refractivity contribution in [1.82, 2.24) is 15.5 Å². The lowest BCUT2D eigenvalue weighted by atomic mass is 9.94. The molecular weight excluding hydrogens is 442 g/mol. The van der Waals surface area contributed by atoms with Crippen molar-refractivity contribution in [3.63, 3.8) is 0 Å². The largest absolute Gasteiger partial charge is 0.463 e. The van der Waals surface area contributed by atoms with E-state index in [4.69, 9.17) is 4.74 Å². The molecule has 0 spiro atoms. The number of piperazine rings is 1. The van der Waals surface area contributed by atoms with E-state index in [-0.39, 0.29) is 17.7 Å². The van der Waals surface area contributed by atoms with Crippen LogP contribution in [0.15, 0.2) is 53.7 Å². The molecule has 2 aromatic carbocycles. The van der Waals surface area contributed by atoms with Gasteiger partial charge in [-0.2, -0.15) is 0 Å². The van der Waals surface area contributed by atoms with Gasteiger partial charge >= 0.3 is 12.0 Å². The number of rotatable bonds is 6.